The first-order valence-corrected chi connectivity index (χ1v) is 7.47. The van der Waals surface area contributed by atoms with Gasteiger partial charge in [-0.2, -0.15) is 13.2 Å². The molecule has 0 saturated heterocycles. The number of hydrogen-bond acceptors (Lipinski definition) is 3. The van der Waals surface area contributed by atoms with Gasteiger partial charge in [-0.1, -0.05) is 25.1 Å². The lowest BCUT2D eigenvalue weighted by Gasteiger charge is -2.29. The van der Waals surface area contributed by atoms with Crippen LogP contribution in [0.2, 0.25) is 0 Å². The number of amidine groups is 1. The minimum atomic E-state index is -5.05. The predicted octanol–water partition coefficient (Wildman–Crippen LogP) is 2.65. The molecule has 1 atom stereocenters. The molecule has 0 spiro atoms. The van der Waals surface area contributed by atoms with Gasteiger partial charge in [0.25, 0.3) is 11.8 Å². The standard InChI is InChI=1S/C16H18F3N3O2/c1-4-9-22-11(3)20-15(14(22)24,16(17,18)19)21-13(23)12-8-6-5-7-10(12)2/h5-8H,4,9H2,1-3H3,(H,21,23). The summed E-state index contributed by atoms with van der Waals surface area (Å²) >= 11 is 0. The predicted molar refractivity (Wildman–Crippen MR) is 82.5 cm³/mol. The summed E-state index contributed by atoms with van der Waals surface area (Å²) in [4.78, 5) is 29.2. The van der Waals surface area contributed by atoms with E-state index in [1.807, 2.05) is 5.32 Å². The maximum atomic E-state index is 13.7. The van der Waals surface area contributed by atoms with Crippen molar-refractivity contribution < 1.29 is 22.8 Å². The van der Waals surface area contributed by atoms with Crippen LogP contribution in [0.3, 0.4) is 0 Å². The van der Waals surface area contributed by atoms with Gasteiger partial charge in [0.2, 0.25) is 0 Å². The van der Waals surface area contributed by atoms with E-state index in [4.69, 9.17) is 0 Å². The number of rotatable bonds is 4. The van der Waals surface area contributed by atoms with E-state index in [-0.39, 0.29) is 17.9 Å². The second kappa shape index (κ2) is 6.26. The zero-order valence-corrected chi connectivity index (χ0v) is 13.6. The van der Waals surface area contributed by atoms with Crippen molar-refractivity contribution in [3.05, 3.63) is 35.4 Å². The van der Waals surface area contributed by atoms with Gasteiger partial charge in [0.15, 0.2) is 0 Å². The van der Waals surface area contributed by atoms with Gasteiger partial charge in [0.05, 0.1) is 0 Å². The third kappa shape index (κ3) is 2.88. The van der Waals surface area contributed by atoms with E-state index in [0.717, 1.165) is 4.90 Å². The van der Waals surface area contributed by atoms with E-state index in [1.165, 1.54) is 19.1 Å². The van der Waals surface area contributed by atoms with E-state index in [0.29, 0.717) is 12.0 Å². The van der Waals surface area contributed by atoms with Crippen molar-refractivity contribution in [3.63, 3.8) is 0 Å². The van der Waals surface area contributed by atoms with Crippen molar-refractivity contribution >= 4 is 17.6 Å². The summed E-state index contributed by atoms with van der Waals surface area (Å²) < 4.78 is 41.0. The molecular formula is C16H18F3N3O2. The van der Waals surface area contributed by atoms with Crippen molar-refractivity contribution in [3.8, 4) is 0 Å². The lowest BCUT2D eigenvalue weighted by atomic mass is 10.1. The molecule has 1 aliphatic rings. The monoisotopic (exact) mass is 341 g/mol. The summed E-state index contributed by atoms with van der Waals surface area (Å²) in [5.41, 5.74) is -2.70. The van der Waals surface area contributed by atoms with Crippen LogP contribution in [0.5, 0.6) is 0 Å². The Hall–Kier alpha value is -2.38. The van der Waals surface area contributed by atoms with Crippen molar-refractivity contribution in [2.24, 2.45) is 4.99 Å². The summed E-state index contributed by atoms with van der Waals surface area (Å²) in [6.07, 6.45) is -4.58. The number of nitrogens with zero attached hydrogens (tertiary/aromatic N) is 2. The molecule has 1 heterocycles. The zero-order chi connectivity index (χ0) is 18.1. The molecule has 1 aromatic rings. The lowest BCUT2D eigenvalue weighted by Crippen LogP contribution is -2.63. The summed E-state index contributed by atoms with van der Waals surface area (Å²) in [6, 6.07) is 6.20. The van der Waals surface area contributed by atoms with Gasteiger partial charge in [0, 0.05) is 12.1 Å². The van der Waals surface area contributed by atoms with Crippen LogP contribution in [0, 0.1) is 6.92 Å². The van der Waals surface area contributed by atoms with Gasteiger partial charge in [-0.15, -0.1) is 0 Å². The third-order valence-electron chi connectivity index (χ3n) is 3.82. The summed E-state index contributed by atoms with van der Waals surface area (Å²) in [6.45, 7) is 4.76. The topological polar surface area (TPSA) is 61.8 Å². The van der Waals surface area contributed by atoms with Gasteiger partial charge in [-0.05, 0) is 31.9 Å². The van der Waals surface area contributed by atoms with Gasteiger partial charge in [0.1, 0.15) is 5.84 Å². The second-order valence-electron chi connectivity index (χ2n) is 5.59. The summed E-state index contributed by atoms with van der Waals surface area (Å²) in [5.74, 6) is -2.34. The highest BCUT2D eigenvalue weighted by atomic mass is 19.4. The number of nitrogens with one attached hydrogen (secondary N) is 1. The maximum absolute atomic E-state index is 13.7. The average Bonchev–Trinajstić information content (AvgIpc) is 2.73. The van der Waals surface area contributed by atoms with Crippen LogP contribution in [-0.2, 0) is 4.79 Å². The van der Waals surface area contributed by atoms with E-state index < -0.39 is 23.7 Å². The molecule has 0 radical (unpaired) electrons. The Balaban J connectivity index is 2.43. The first-order chi connectivity index (χ1) is 11.1. The maximum Gasteiger partial charge on any atom is 0.442 e. The summed E-state index contributed by atoms with van der Waals surface area (Å²) in [7, 11) is 0. The molecule has 5 nitrogen and oxygen atoms in total. The van der Waals surface area contributed by atoms with Crippen LogP contribution in [0.4, 0.5) is 13.2 Å². The molecule has 1 N–H and O–H groups in total. The number of aryl methyl sites for hydroxylation is 1. The lowest BCUT2D eigenvalue weighted by molar-refractivity contribution is -0.196. The minimum Gasteiger partial charge on any atom is -0.312 e. The molecule has 0 saturated carbocycles. The van der Waals surface area contributed by atoms with E-state index in [1.54, 1.807) is 26.0 Å². The molecule has 24 heavy (non-hydrogen) atoms. The molecular weight excluding hydrogens is 323 g/mol. The van der Waals surface area contributed by atoms with E-state index in [2.05, 4.69) is 4.99 Å². The minimum absolute atomic E-state index is 0.0655. The molecule has 0 bridgehead atoms. The Labute approximate surface area is 137 Å². The molecule has 8 heteroatoms. The molecule has 130 valence electrons. The molecule has 1 aromatic carbocycles. The van der Waals surface area contributed by atoms with Crippen LogP contribution >= 0.6 is 0 Å². The van der Waals surface area contributed by atoms with Crippen molar-refractivity contribution in [1.29, 1.82) is 0 Å². The average molecular weight is 341 g/mol. The Kier molecular flexibility index (Phi) is 4.68. The third-order valence-corrected chi connectivity index (χ3v) is 3.82. The Bertz CT molecular complexity index is 700. The van der Waals surface area contributed by atoms with Gasteiger partial charge < -0.3 is 5.32 Å². The van der Waals surface area contributed by atoms with Crippen LogP contribution in [0.15, 0.2) is 29.3 Å². The number of hydrogen-bond donors (Lipinski definition) is 1. The van der Waals surface area contributed by atoms with E-state index >= 15 is 0 Å². The number of aliphatic imine (C=N–C) groups is 1. The molecule has 2 amide bonds. The zero-order valence-electron chi connectivity index (χ0n) is 13.6. The number of amides is 2. The van der Waals surface area contributed by atoms with Gasteiger partial charge in [-0.25, -0.2) is 4.99 Å². The number of benzene rings is 1. The second-order valence-corrected chi connectivity index (χ2v) is 5.59. The molecule has 0 aromatic heterocycles. The van der Waals surface area contributed by atoms with Crippen LogP contribution in [-0.4, -0.2) is 40.9 Å². The Morgan fingerprint density at radius 1 is 1.29 bits per heavy atom. The van der Waals surface area contributed by atoms with E-state index in [9.17, 15) is 22.8 Å². The number of carbonyl (C=O) groups excluding carboxylic acids is 2. The largest absolute Gasteiger partial charge is 0.442 e. The van der Waals surface area contributed by atoms with Crippen molar-refractivity contribution in [2.45, 2.75) is 39.0 Å². The molecule has 0 aliphatic carbocycles. The first-order valence-electron chi connectivity index (χ1n) is 7.47. The summed E-state index contributed by atoms with van der Waals surface area (Å²) in [5, 5.41) is 1.82. The van der Waals surface area contributed by atoms with Crippen LogP contribution < -0.4 is 5.32 Å². The van der Waals surface area contributed by atoms with Crippen LogP contribution in [0.1, 0.15) is 36.2 Å². The van der Waals surface area contributed by atoms with Gasteiger partial charge in [-0.3, -0.25) is 14.5 Å². The number of halogens is 3. The van der Waals surface area contributed by atoms with Crippen LogP contribution in [0.25, 0.3) is 0 Å². The SMILES string of the molecule is CCCN1C(=O)C(NC(=O)c2ccccc2C)(C(F)(F)F)N=C1C. The molecule has 2 rings (SSSR count). The quantitative estimate of drug-likeness (QED) is 0.915. The number of alkyl halides is 3. The highest BCUT2D eigenvalue weighted by Crippen LogP contribution is 2.37. The number of carbonyl (C=O) groups is 2. The smallest absolute Gasteiger partial charge is 0.312 e. The van der Waals surface area contributed by atoms with Crippen molar-refractivity contribution in [1.82, 2.24) is 10.2 Å². The highest BCUT2D eigenvalue weighted by Gasteiger charge is 2.66. The highest BCUT2D eigenvalue weighted by molar-refractivity contribution is 6.10. The Morgan fingerprint density at radius 3 is 2.46 bits per heavy atom. The Morgan fingerprint density at radius 2 is 1.92 bits per heavy atom. The normalized spacial score (nSPS) is 21.0. The van der Waals surface area contributed by atoms with Gasteiger partial charge >= 0.3 is 11.8 Å². The first kappa shape index (κ1) is 18.0. The van der Waals surface area contributed by atoms with Crippen molar-refractivity contribution in [2.75, 3.05) is 6.54 Å². The fourth-order valence-corrected chi connectivity index (χ4v) is 2.58. The molecule has 1 unspecified atom stereocenters. The molecule has 0 fully saturated rings. The fraction of sp³-hybridized carbons (Fsp3) is 0.438. The molecule has 1 aliphatic heterocycles. The fourth-order valence-electron chi connectivity index (χ4n) is 2.58.